The first-order valence-corrected chi connectivity index (χ1v) is 15.9. The van der Waals surface area contributed by atoms with Crippen LogP contribution in [0.25, 0.3) is 22.3 Å². The Morgan fingerprint density at radius 1 is 0.880 bits per heavy atom. The smallest absolute Gasteiger partial charge is 0.372 e. The Morgan fingerprint density at radius 3 is 2.10 bits per heavy atom. The van der Waals surface area contributed by atoms with Crippen LogP contribution >= 0.6 is 0 Å². The maximum Gasteiger partial charge on any atom is 0.372 e. The zero-order valence-corrected chi connectivity index (χ0v) is 27.2. The van der Waals surface area contributed by atoms with Crippen molar-refractivity contribution in [3.05, 3.63) is 42.5 Å². The Balaban J connectivity index is 0.00000105. The molecule has 0 spiro atoms. The highest BCUT2D eigenvalue weighted by molar-refractivity contribution is 5.94. The Labute approximate surface area is 284 Å². The van der Waals surface area contributed by atoms with E-state index in [0.29, 0.717) is 11.3 Å². The lowest BCUT2D eigenvalue weighted by Gasteiger charge is -2.45. The number of esters is 1. The second kappa shape index (κ2) is 16.2. The number of benzene rings is 2. The molecule has 0 saturated carbocycles. The number of phenols is 1. The van der Waals surface area contributed by atoms with Crippen molar-refractivity contribution in [1.29, 1.82) is 0 Å². The first-order valence-electron chi connectivity index (χ1n) is 14.6. The van der Waals surface area contributed by atoms with E-state index in [9.17, 15) is 40.5 Å². The summed E-state index contributed by atoms with van der Waals surface area (Å²) in [5.74, 6) is -0.113. The van der Waals surface area contributed by atoms with Crippen LogP contribution in [-0.4, -0.2) is 117 Å². The monoisotopic (exact) mass is 734 g/mol. The van der Waals surface area contributed by atoms with Gasteiger partial charge in [-0.25, -0.2) is 23.1 Å². The lowest BCUT2D eigenvalue weighted by atomic mass is 9.97. The van der Waals surface area contributed by atoms with Crippen LogP contribution in [-0.2, 0) is 19.0 Å². The van der Waals surface area contributed by atoms with Gasteiger partial charge in [-0.3, -0.25) is 4.79 Å². The van der Waals surface area contributed by atoms with Gasteiger partial charge >= 0.3 is 17.3 Å². The zero-order valence-electron chi connectivity index (χ0n) is 26.4. The van der Waals surface area contributed by atoms with Crippen LogP contribution in [0.4, 0.5) is 0 Å². The average Bonchev–Trinajstić information content (AvgIpc) is 3.04. The van der Waals surface area contributed by atoms with Crippen molar-refractivity contribution >= 4 is 16.9 Å². The van der Waals surface area contributed by atoms with Gasteiger partial charge in [-0.05, 0) is 31.2 Å². The first-order chi connectivity index (χ1) is 23.4. The van der Waals surface area contributed by atoms with E-state index in [0.717, 1.165) is 0 Å². The molecule has 2 saturated heterocycles. The van der Waals surface area contributed by atoms with Crippen molar-refractivity contribution in [1.82, 2.24) is 0 Å². The molecule has 50 heavy (non-hydrogen) atoms. The molecule has 2 aliphatic heterocycles. The van der Waals surface area contributed by atoms with Crippen LogP contribution in [0.2, 0.25) is 0 Å². The van der Waals surface area contributed by atoms with Gasteiger partial charge in [-0.15, -0.1) is 10.2 Å². The second-order valence-corrected chi connectivity index (χ2v) is 11.9. The van der Waals surface area contributed by atoms with E-state index in [2.05, 4.69) is 0 Å². The molecule has 7 N–H and O–H groups in total. The van der Waals surface area contributed by atoms with Gasteiger partial charge in [0, 0.05) is 13.0 Å². The molecular formula is C30H35ClO19. The topological polar surface area (TPSA) is 318 Å². The fraction of sp³-hybridized carbons (Fsp3) is 0.467. The standard InChI is InChI=1S/C30H34O15.ClHO4/c1-12-23(34)25(36)27(38)29(40-12)45-28-26(37)24(35)21(11-31)44-30(28)42-16-8-19(41-13(2)32)22-18(39-3)10-17(43-20(22)9-16)14-4-6-15(33)7-5-14;2-1(3,4)5/h4-10,12,21,23-31,34-38H,11H2,1-3H3;(H,2,3,4,5)/t12-,21+,23-,24+,25+,26-,27+,28+,29-,30+;/m0./s1. The highest BCUT2D eigenvalue weighted by Crippen LogP contribution is 2.42. The third kappa shape index (κ3) is 9.42. The van der Waals surface area contributed by atoms with Crippen LogP contribution in [0.5, 0.6) is 23.0 Å². The fourth-order valence-corrected chi connectivity index (χ4v) is 5.17. The number of phenolic OH excluding ortho intramolecular Hbond substituents is 1. The van der Waals surface area contributed by atoms with E-state index in [-0.39, 0.29) is 34.0 Å². The van der Waals surface area contributed by atoms with Crippen molar-refractivity contribution in [3.63, 3.8) is 0 Å². The summed E-state index contributed by atoms with van der Waals surface area (Å²) in [6, 6.07) is 10.5. The zero-order chi connectivity index (χ0) is 37.1. The van der Waals surface area contributed by atoms with Crippen molar-refractivity contribution in [3.8, 4) is 34.3 Å². The maximum absolute atomic E-state index is 12.1. The minimum Gasteiger partial charge on any atom is -0.508 e. The number of hydrogen-bond donors (Lipinski definition) is 7. The molecule has 2 fully saturated rings. The molecule has 0 unspecified atom stereocenters. The van der Waals surface area contributed by atoms with E-state index in [4.69, 9.17) is 51.5 Å². The summed E-state index contributed by atoms with van der Waals surface area (Å²) in [6.45, 7) is 1.91. The molecular weight excluding hydrogens is 700 g/mol. The van der Waals surface area contributed by atoms with E-state index < -0.39 is 84.2 Å². The third-order valence-corrected chi connectivity index (χ3v) is 7.57. The van der Waals surface area contributed by atoms with Gasteiger partial charge < -0.3 is 64.2 Å². The van der Waals surface area contributed by atoms with Gasteiger partial charge in [0.25, 0.3) is 0 Å². The Kier molecular flexibility index (Phi) is 12.7. The molecule has 0 amide bonds. The molecule has 19 nitrogen and oxygen atoms in total. The molecule has 2 aromatic carbocycles. The number of halogens is 1. The first kappa shape index (κ1) is 39.3. The molecule has 5 rings (SSSR count). The van der Waals surface area contributed by atoms with E-state index in [1.807, 2.05) is 0 Å². The number of fused-ring (bicyclic) bond motifs is 1. The second-order valence-electron chi connectivity index (χ2n) is 11.1. The summed E-state index contributed by atoms with van der Waals surface area (Å²) < 4.78 is 74.1. The van der Waals surface area contributed by atoms with Crippen LogP contribution in [0.3, 0.4) is 0 Å². The minimum atomic E-state index is -4.94. The Morgan fingerprint density at radius 2 is 1.52 bits per heavy atom. The van der Waals surface area contributed by atoms with Crippen molar-refractivity contribution < 1.29 is 102 Å². The molecule has 0 aliphatic carbocycles. The summed E-state index contributed by atoms with van der Waals surface area (Å²) in [4.78, 5) is 12.1. The number of aliphatic hydroxyl groups excluding tert-OH is 6. The Hall–Kier alpha value is -3.51. The van der Waals surface area contributed by atoms with Gasteiger partial charge in [0.15, 0.2) is 23.5 Å². The van der Waals surface area contributed by atoms with Crippen LogP contribution in [0, 0.1) is 10.2 Å². The lowest BCUT2D eigenvalue weighted by Crippen LogP contribution is -2.68. The van der Waals surface area contributed by atoms with Gasteiger partial charge in [0.1, 0.15) is 53.9 Å². The number of methoxy groups -OCH3 is 1. The number of aliphatic hydroxyl groups is 6. The maximum atomic E-state index is 12.1. The third-order valence-electron chi connectivity index (χ3n) is 7.57. The van der Waals surface area contributed by atoms with Crippen molar-refractivity contribution in [2.45, 2.75) is 75.3 Å². The number of ether oxygens (including phenoxy) is 6. The molecule has 0 bridgehead atoms. The lowest BCUT2D eigenvalue weighted by molar-refractivity contribution is -2.00. The summed E-state index contributed by atoms with van der Waals surface area (Å²) in [7, 11) is -3.53. The molecule has 1 aromatic heterocycles. The molecule has 276 valence electrons. The van der Waals surface area contributed by atoms with Gasteiger partial charge in [0.2, 0.25) is 6.29 Å². The van der Waals surface area contributed by atoms with E-state index in [1.54, 1.807) is 18.2 Å². The van der Waals surface area contributed by atoms with Gasteiger partial charge in [-0.1, -0.05) is 0 Å². The molecule has 20 heteroatoms. The van der Waals surface area contributed by atoms with Gasteiger partial charge in [-0.2, -0.15) is 0 Å². The van der Waals surface area contributed by atoms with Crippen LogP contribution in [0.15, 0.2) is 46.9 Å². The molecule has 3 aromatic rings. The summed E-state index contributed by atoms with van der Waals surface area (Å²) in [5.41, 5.74) is 0.698. The average molecular weight is 735 g/mol. The predicted octanol–water partition coefficient (Wildman–Crippen LogP) is -4.71. The highest BCUT2D eigenvalue weighted by Gasteiger charge is 2.51. The van der Waals surface area contributed by atoms with Gasteiger partial charge in [0.05, 0.1) is 37.5 Å². The van der Waals surface area contributed by atoms with Crippen molar-refractivity contribution in [2.24, 2.45) is 0 Å². The number of aromatic hydroxyl groups is 1. The number of carbonyl (C=O) groups is 1. The van der Waals surface area contributed by atoms with E-state index in [1.165, 1.54) is 45.2 Å². The largest absolute Gasteiger partial charge is 0.508 e. The number of carbonyl (C=O) groups excluding carboxylic acids is 1. The molecule has 0 radical (unpaired) electrons. The normalized spacial score (nSPS) is 29.9. The minimum absolute atomic E-state index is 0.0302. The summed E-state index contributed by atoms with van der Waals surface area (Å²) in [5, 5.41) is 72.1. The number of rotatable bonds is 8. The van der Waals surface area contributed by atoms with Crippen molar-refractivity contribution in [2.75, 3.05) is 13.7 Å². The molecule has 2 aliphatic rings. The Bertz CT molecular complexity index is 1590. The van der Waals surface area contributed by atoms with Crippen LogP contribution < -0.4 is 32.8 Å². The quantitative estimate of drug-likeness (QED) is 0.0649. The summed E-state index contributed by atoms with van der Waals surface area (Å²) in [6.07, 6.45) is -15.3. The fourth-order valence-electron chi connectivity index (χ4n) is 5.17. The predicted molar refractivity (Wildman–Crippen MR) is 151 cm³/mol. The van der Waals surface area contributed by atoms with Crippen LogP contribution in [0.1, 0.15) is 13.8 Å². The number of hydrogen-bond acceptors (Lipinski definition) is 18. The SMILES string of the molecule is COc1cc(-c2ccc(O)cc2)[o+]c2cc(O[C@@H]3O[C@H](CO)[C@@H](O)[C@H](O)[C@H]3O[C@@H]3O[C@@H](C)[C@H](O)[C@@H](O)[C@H]3O)cc(OC(C)=O)c12.[O-][Cl+3]([O-])([O-])[O-]. The molecule has 3 heterocycles. The summed E-state index contributed by atoms with van der Waals surface area (Å²) >= 11 is 0. The van der Waals surface area contributed by atoms with E-state index >= 15 is 0 Å². The molecule has 10 atom stereocenters. The highest BCUT2D eigenvalue weighted by atomic mass is 35.7.